The third-order valence-corrected chi connectivity index (χ3v) is 3.64. The minimum Gasteiger partial charge on any atom is -0.380 e. The second-order valence-electron chi connectivity index (χ2n) is 2.94. The van der Waals surface area contributed by atoms with Gasteiger partial charge in [0.05, 0.1) is 3.79 Å². The molecule has 5 heteroatoms. The van der Waals surface area contributed by atoms with E-state index in [9.17, 15) is 5.11 Å². The summed E-state index contributed by atoms with van der Waals surface area (Å²) < 4.78 is 2.83. The molecule has 0 spiro atoms. The number of hydrogen-bond acceptors (Lipinski definition) is 3. The Balaban J connectivity index is 2.33. The Morgan fingerprint density at radius 3 is 2.86 bits per heavy atom. The van der Waals surface area contributed by atoms with E-state index >= 15 is 0 Å². The van der Waals surface area contributed by atoms with Crippen molar-refractivity contribution in [1.82, 2.24) is 9.55 Å². The lowest BCUT2D eigenvalue weighted by molar-refractivity contribution is 0.210. The minimum absolute atomic E-state index is 0.633. The van der Waals surface area contributed by atoms with Gasteiger partial charge in [0.2, 0.25) is 0 Å². The third kappa shape index (κ3) is 1.75. The van der Waals surface area contributed by atoms with E-state index in [2.05, 4.69) is 20.9 Å². The van der Waals surface area contributed by atoms with E-state index in [4.69, 9.17) is 0 Å². The van der Waals surface area contributed by atoms with Crippen LogP contribution < -0.4 is 0 Å². The summed E-state index contributed by atoms with van der Waals surface area (Å²) in [5.41, 5.74) is 0. The van der Waals surface area contributed by atoms with Gasteiger partial charge < -0.3 is 9.67 Å². The quantitative estimate of drug-likeness (QED) is 0.911. The molecule has 0 aromatic carbocycles. The lowest BCUT2D eigenvalue weighted by Gasteiger charge is -2.07. The van der Waals surface area contributed by atoms with Crippen molar-refractivity contribution < 1.29 is 5.11 Å². The summed E-state index contributed by atoms with van der Waals surface area (Å²) >= 11 is 4.88. The van der Waals surface area contributed by atoms with Gasteiger partial charge in [0, 0.05) is 24.3 Å². The van der Waals surface area contributed by atoms with Gasteiger partial charge in [0.15, 0.2) is 0 Å². The monoisotopic (exact) mass is 272 g/mol. The van der Waals surface area contributed by atoms with Crippen LogP contribution >= 0.6 is 27.3 Å². The number of nitrogens with zero attached hydrogens (tertiary/aromatic N) is 2. The maximum absolute atomic E-state index is 9.98. The van der Waals surface area contributed by atoms with Gasteiger partial charge in [-0.25, -0.2) is 4.98 Å². The van der Waals surface area contributed by atoms with Crippen molar-refractivity contribution >= 4 is 27.3 Å². The zero-order chi connectivity index (χ0) is 10.1. The Morgan fingerprint density at radius 1 is 1.57 bits per heavy atom. The molecule has 0 radical (unpaired) electrons. The van der Waals surface area contributed by atoms with Gasteiger partial charge in [-0.05, 0) is 28.1 Å². The zero-order valence-corrected chi connectivity index (χ0v) is 9.92. The first-order chi connectivity index (χ1) is 6.68. The fraction of sp³-hybridized carbons (Fsp3) is 0.222. The molecule has 0 amide bonds. The summed E-state index contributed by atoms with van der Waals surface area (Å²) in [6.45, 7) is 0. The second-order valence-corrected chi connectivity index (χ2v) is 5.44. The summed E-state index contributed by atoms with van der Waals surface area (Å²) in [4.78, 5) is 5.00. The molecule has 1 unspecified atom stereocenters. The molecule has 1 N–H and O–H groups in total. The molecule has 0 fully saturated rings. The zero-order valence-electron chi connectivity index (χ0n) is 7.51. The number of aryl methyl sites for hydroxylation is 1. The number of aromatic nitrogens is 2. The minimum atomic E-state index is -0.633. The van der Waals surface area contributed by atoms with Crippen molar-refractivity contribution in [3.63, 3.8) is 0 Å². The number of aliphatic hydroxyl groups excluding tert-OH is 1. The van der Waals surface area contributed by atoms with E-state index in [1.54, 1.807) is 6.20 Å². The van der Waals surface area contributed by atoms with E-state index in [0.717, 1.165) is 8.66 Å². The van der Waals surface area contributed by atoms with Crippen LogP contribution in [0.2, 0.25) is 0 Å². The van der Waals surface area contributed by atoms with Gasteiger partial charge >= 0.3 is 0 Å². The van der Waals surface area contributed by atoms with E-state index in [1.807, 2.05) is 29.9 Å². The largest absolute Gasteiger partial charge is 0.380 e. The van der Waals surface area contributed by atoms with Crippen molar-refractivity contribution in [1.29, 1.82) is 0 Å². The van der Waals surface area contributed by atoms with Crippen LogP contribution in [0.3, 0.4) is 0 Å². The summed E-state index contributed by atoms with van der Waals surface area (Å²) in [5.74, 6) is 0.666. The molecule has 0 aliphatic heterocycles. The first kappa shape index (κ1) is 9.89. The van der Waals surface area contributed by atoms with Gasteiger partial charge in [-0.1, -0.05) is 0 Å². The van der Waals surface area contributed by atoms with Crippen LogP contribution in [0.15, 0.2) is 28.3 Å². The molecule has 3 nitrogen and oxygen atoms in total. The van der Waals surface area contributed by atoms with Crippen LogP contribution in [0.5, 0.6) is 0 Å². The van der Waals surface area contributed by atoms with E-state index in [1.165, 1.54) is 11.3 Å². The Hall–Kier alpha value is -0.650. The highest BCUT2D eigenvalue weighted by molar-refractivity contribution is 9.11. The van der Waals surface area contributed by atoms with Crippen LogP contribution in [0, 0.1) is 0 Å². The molecular weight excluding hydrogens is 264 g/mol. The average Bonchev–Trinajstić information content (AvgIpc) is 2.73. The number of thiophene rings is 1. The topological polar surface area (TPSA) is 38.0 Å². The molecule has 0 saturated heterocycles. The average molecular weight is 273 g/mol. The number of imidazole rings is 1. The van der Waals surface area contributed by atoms with Crippen LogP contribution in [-0.4, -0.2) is 14.7 Å². The molecule has 1 atom stereocenters. The Morgan fingerprint density at radius 2 is 2.36 bits per heavy atom. The highest BCUT2D eigenvalue weighted by atomic mass is 79.9. The lowest BCUT2D eigenvalue weighted by Crippen LogP contribution is -2.05. The maximum atomic E-state index is 9.98. The number of aliphatic hydroxyl groups is 1. The first-order valence-corrected chi connectivity index (χ1v) is 5.70. The molecule has 74 valence electrons. The highest BCUT2D eigenvalue weighted by Gasteiger charge is 2.16. The predicted octanol–water partition coefficient (Wildman–Crippen LogP) is 2.33. The Kier molecular flexibility index (Phi) is 2.71. The molecule has 14 heavy (non-hydrogen) atoms. The molecule has 2 heterocycles. The van der Waals surface area contributed by atoms with Gasteiger partial charge in [0.25, 0.3) is 0 Å². The predicted molar refractivity (Wildman–Crippen MR) is 59.3 cm³/mol. The van der Waals surface area contributed by atoms with Crippen molar-refractivity contribution in [2.24, 2.45) is 7.05 Å². The van der Waals surface area contributed by atoms with Gasteiger partial charge in [-0.15, -0.1) is 11.3 Å². The van der Waals surface area contributed by atoms with Gasteiger partial charge in [0.1, 0.15) is 11.9 Å². The van der Waals surface area contributed by atoms with Crippen LogP contribution in [0.1, 0.15) is 16.8 Å². The van der Waals surface area contributed by atoms with Crippen molar-refractivity contribution in [2.75, 3.05) is 0 Å². The normalized spacial score (nSPS) is 13.1. The molecule has 2 aromatic heterocycles. The summed E-state index contributed by atoms with van der Waals surface area (Å²) in [6.07, 6.45) is 2.87. The highest BCUT2D eigenvalue weighted by Crippen LogP contribution is 2.30. The molecule has 0 aliphatic rings. The molecular formula is C9H9BrN2OS. The molecule has 2 aromatic rings. The number of halogens is 1. The fourth-order valence-corrected chi connectivity index (χ4v) is 2.65. The Bertz CT molecular complexity index is 437. The van der Waals surface area contributed by atoms with Crippen molar-refractivity contribution in [2.45, 2.75) is 6.10 Å². The van der Waals surface area contributed by atoms with Gasteiger partial charge in [-0.3, -0.25) is 0 Å². The van der Waals surface area contributed by atoms with E-state index < -0.39 is 6.10 Å². The molecule has 0 aliphatic carbocycles. The SMILES string of the molecule is Cn1ccnc1C(O)c1ccc(Br)s1. The third-order valence-electron chi connectivity index (χ3n) is 1.97. The van der Waals surface area contributed by atoms with Crippen LogP contribution in [0.25, 0.3) is 0 Å². The second kappa shape index (κ2) is 3.84. The van der Waals surface area contributed by atoms with Crippen molar-refractivity contribution in [3.05, 3.63) is 39.0 Å². The van der Waals surface area contributed by atoms with Gasteiger partial charge in [-0.2, -0.15) is 0 Å². The number of hydrogen-bond donors (Lipinski definition) is 1. The summed E-state index contributed by atoms with van der Waals surface area (Å²) in [6, 6.07) is 3.82. The Labute approximate surface area is 94.2 Å². The molecule has 0 saturated carbocycles. The molecule has 0 bridgehead atoms. The molecule has 2 rings (SSSR count). The number of rotatable bonds is 2. The standard InChI is InChI=1S/C9H9BrN2OS/c1-12-5-4-11-9(12)8(13)6-2-3-7(10)14-6/h2-5,8,13H,1H3. The van der Waals surface area contributed by atoms with E-state index in [0.29, 0.717) is 5.82 Å². The smallest absolute Gasteiger partial charge is 0.146 e. The van der Waals surface area contributed by atoms with Crippen LogP contribution in [-0.2, 0) is 7.05 Å². The lowest BCUT2D eigenvalue weighted by atomic mass is 10.3. The van der Waals surface area contributed by atoms with Crippen LogP contribution in [0.4, 0.5) is 0 Å². The van der Waals surface area contributed by atoms with E-state index in [-0.39, 0.29) is 0 Å². The fourth-order valence-electron chi connectivity index (χ4n) is 1.24. The van der Waals surface area contributed by atoms with Crippen molar-refractivity contribution in [3.8, 4) is 0 Å². The maximum Gasteiger partial charge on any atom is 0.146 e. The summed E-state index contributed by atoms with van der Waals surface area (Å²) in [7, 11) is 1.87. The summed E-state index contributed by atoms with van der Waals surface area (Å²) in [5, 5.41) is 9.98. The first-order valence-electron chi connectivity index (χ1n) is 4.09.